The van der Waals surface area contributed by atoms with E-state index < -0.39 is 12.0 Å². The molecule has 0 atom stereocenters. The van der Waals surface area contributed by atoms with Gasteiger partial charge in [-0.1, -0.05) is 0 Å². The van der Waals surface area contributed by atoms with Crippen molar-refractivity contribution in [2.75, 3.05) is 25.1 Å². The zero-order valence-electron chi connectivity index (χ0n) is 16.3. The highest BCUT2D eigenvalue weighted by Crippen LogP contribution is 2.33. The molecule has 1 aliphatic rings. The Hall–Kier alpha value is -3.62. The first-order valence-electron chi connectivity index (χ1n) is 9.53. The molecule has 0 spiro atoms. The van der Waals surface area contributed by atoms with Crippen LogP contribution < -0.4 is 15.4 Å². The van der Waals surface area contributed by atoms with E-state index >= 15 is 0 Å². The Labute approximate surface area is 171 Å². The summed E-state index contributed by atoms with van der Waals surface area (Å²) in [6.45, 7) is 1.10. The van der Waals surface area contributed by atoms with E-state index in [9.17, 15) is 19.1 Å². The summed E-state index contributed by atoms with van der Waals surface area (Å²) >= 11 is 0. The summed E-state index contributed by atoms with van der Waals surface area (Å²) in [4.78, 5) is 29.2. The van der Waals surface area contributed by atoms with E-state index in [-0.39, 0.29) is 23.1 Å². The number of nitrogens with zero attached hydrogens (tertiary/aromatic N) is 3. The zero-order valence-corrected chi connectivity index (χ0v) is 16.3. The molecule has 1 amide bonds. The number of benzene rings is 1. The van der Waals surface area contributed by atoms with Gasteiger partial charge >= 0.3 is 6.09 Å². The molecule has 9 heteroatoms. The molecule has 1 saturated heterocycles. The molecule has 0 saturated carbocycles. The summed E-state index contributed by atoms with van der Waals surface area (Å²) < 4.78 is 21.2. The highest BCUT2D eigenvalue weighted by molar-refractivity contribution is 5.96. The maximum atomic E-state index is 15.0. The van der Waals surface area contributed by atoms with Gasteiger partial charge in [-0.2, -0.15) is 4.39 Å². The lowest BCUT2D eigenvalue weighted by Gasteiger charge is -2.31. The first-order valence-corrected chi connectivity index (χ1v) is 9.53. The smallest absolute Gasteiger partial charge is 0.416 e. The maximum absolute atomic E-state index is 15.0. The Balaban J connectivity index is 1.70. The van der Waals surface area contributed by atoms with E-state index in [1.165, 1.54) is 13.2 Å². The number of carboxylic acid groups (broad SMARTS) is 1. The number of anilines is 1. The van der Waals surface area contributed by atoms with Crippen LogP contribution in [-0.2, 0) is 4.79 Å². The number of carbonyl (C=O) groups excluding carboxylic acids is 1. The molecule has 30 heavy (non-hydrogen) atoms. The van der Waals surface area contributed by atoms with E-state index in [1.807, 2.05) is 4.90 Å². The molecule has 2 aromatic heterocycles. The van der Waals surface area contributed by atoms with Crippen molar-refractivity contribution in [3.05, 3.63) is 42.3 Å². The fourth-order valence-corrected chi connectivity index (χ4v) is 3.91. The van der Waals surface area contributed by atoms with Crippen LogP contribution in [0, 0.1) is 11.9 Å². The number of halogens is 1. The number of hydrogen-bond acceptors (Lipinski definition) is 5. The summed E-state index contributed by atoms with van der Waals surface area (Å²) in [6, 6.07) is 9.76. The molecule has 0 unspecified atom stereocenters. The predicted molar refractivity (Wildman–Crippen MR) is 109 cm³/mol. The van der Waals surface area contributed by atoms with Gasteiger partial charge in [0, 0.05) is 24.4 Å². The number of fused-ring (bicyclic) bond motifs is 1. The van der Waals surface area contributed by atoms with Crippen molar-refractivity contribution in [3.8, 4) is 17.0 Å². The van der Waals surface area contributed by atoms with Crippen molar-refractivity contribution in [1.82, 2.24) is 9.55 Å². The number of carbonyl (C=O) groups is 2. The molecular weight excluding hydrogens is 391 g/mol. The average Bonchev–Trinajstić information content (AvgIpc) is 3.12. The van der Waals surface area contributed by atoms with Crippen LogP contribution in [-0.4, -0.2) is 46.9 Å². The Morgan fingerprint density at radius 1 is 1.20 bits per heavy atom. The number of pyridine rings is 1. The van der Waals surface area contributed by atoms with Gasteiger partial charge in [-0.05, 0) is 49.2 Å². The highest BCUT2D eigenvalue weighted by Gasteiger charge is 2.25. The molecule has 3 N–H and O–H groups in total. The molecule has 1 aromatic carbocycles. The fourth-order valence-electron chi connectivity index (χ4n) is 3.91. The summed E-state index contributed by atoms with van der Waals surface area (Å²) in [5.74, 6) is -0.235. The third-order valence-corrected chi connectivity index (χ3v) is 5.53. The standard InChI is InChI=1S/C21H21FN4O4/c1-30-14-2-4-16-13(10-14)11-17(26(16)21(28)29)15-3-5-18(24-19(15)22)25-8-6-12(7-9-25)20(23)27/h2-5,10-12H,6-9H2,1H3,(H2,23,27)(H,28,29). The van der Waals surface area contributed by atoms with E-state index in [1.54, 1.807) is 30.3 Å². The number of ether oxygens (including phenoxy) is 1. The zero-order chi connectivity index (χ0) is 21.4. The van der Waals surface area contributed by atoms with E-state index in [0.29, 0.717) is 48.4 Å². The van der Waals surface area contributed by atoms with Crippen molar-refractivity contribution in [3.63, 3.8) is 0 Å². The number of piperidine rings is 1. The van der Waals surface area contributed by atoms with Gasteiger partial charge in [-0.25, -0.2) is 14.3 Å². The lowest BCUT2D eigenvalue weighted by Crippen LogP contribution is -2.39. The van der Waals surface area contributed by atoms with Gasteiger partial charge in [0.2, 0.25) is 11.9 Å². The van der Waals surface area contributed by atoms with Gasteiger partial charge < -0.3 is 20.5 Å². The first-order chi connectivity index (χ1) is 14.4. The van der Waals surface area contributed by atoms with Crippen molar-refractivity contribution in [2.45, 2.75) is 12.8 Å². The average molecular weight is 412 g/mol. The summed E-state index contributed by atoms with van der Waals surface area (Å²) in [7, 11) is 1.52. The number of primary amides is 1. The van der Waals surface area contributed by atoms with Crippen LogP contribution in [0.15, 0.2) is 36.4 Å². The highest BCUT2D eigenvalue weighted by atomic mass is 19.1. The number of amides is 1. The van der Waals surface area contributed by atoms with Gasteiger partial charge in [0.1, 0.15) is 11.6 Å². The number of rotatable bonds is 4. The maximum Gasteiger partial charge on any atom is 0.416 e. The van der Waals surface area contributed by atoms with Crippen LogP contribution in [0.2, 0.25) is 0 Å². The number of hydrogen-bond donors (Lipinski definition) is 2. The molecule has 8 nitrogen and oxygen atoms in total. The minimum absolute atomic E-state index is 0.0864. The van der Waals surface area contributed by atoms with Crippen LogP contribution in [0.3, 0.4) is 0 Å². The third kappa shape index (κ3) is 3.42. The van der Waals surface area contributed by atoms with E-state index in [4.69, 9.17) is 10.5 Å². The van der Waals surface area contributed by atoms with Crippen LogP contribution in [0.25, 0.3) is 22.2 Å². The molecular formula is C21H21FN4O4. The number of aromatic nitrogens is 2. The second kappa shape index (κ2) is 7.66. The summed E-state index contributed by atoms with van der Waals surface area (Å²) in [6.07, 6.45) is -0.0348. The Morgan fingerprint density at radius 2 is 1.93 bits per heavy atom. The fraction of sp³-hybridized carbons (Fsp3) is 0.286. The van der Waals surface area contributed by atoms with Gasteiger partial charge in [-0.15, -0.1) is 0 Å². The second-order valence-corrected chi connectivity index (χ2v) is 7.24. The normalized spacial score (nSPS) is 14.8. The molecule has 0 bridgehead atoms. The van der Waals surface area contributed by atoms with Crippen LogP contribution in [0.5, 0.6) is 5.75 Å². The molecule has 4 rings (SSSR count). The second-order valence-electron chi connectivity index (χ2n) is 7.24. The van der Waals surface area contributed by atoms with E-state index in [2.05, 4.69) is 4.98 Å². The van der Waals surface area contributed by atoms with Gasteiger partial charge in [-0.3, -0.25) is 4.79 Å². The number of nitrogens with two attached hydrogens (primary N) is 1. The van der Waals surface area contributed by atoms with Crippen LogP contribution in [0.4, 0.5) is 15.0 Å². The lowest BCUT2D eigenvalue weighted by atomic mass is 9.96. The molecule has 0 aliphatic carbocycles. The quantitative estimate of drug-likeness (QED) is 0.637. The molecule has 0 radical (unpaired) electrons. The van der Waals surface area contributed by atoms with Gasteiger partial charge in [0.15, 0.2) is 0 Å². The first kappa shape index (κ1) is 19.7. The lowest BCUT2D eigenvalue weighted by molar-refractivity contribution is -0.122. The van der Waals surface area contributed by atoms with Crippen LogP contribution >= 0.6 is 0 Å². The predicted octanol–water partition coefficient (Wildman–Crippen LogP) is 3.08. The van der Waals surface area contributed by atoms with E-state index in [0.717, 1.165) is 4.57 Å². The topological polar surface area (TPSA) is 111 Å². The number of methoxy groups -OCH3 is 1. The summed E-state index contributed by atoms with van der Waals surface area (Å²) in [5, 5.41) is 10.3. The summed E-state index contributed by atoms with van der Waals surface area (Å²) in [5.41, 5.74) is 6.06. The molecule has 3 heterocycles. The van der Waals surface area contributed by atoms with Gasteiger partial charge in [0.05, 0.1) is 23.9 Å². The third-order valence-electron chi connectivity index (χ3n) is 5.53. The Morgan fingerprint density at radius 3 is 2.53 bits per heavy atom. The van der Waals surface area contributed by atoms with Crippen molar-refractivity contribution < 1.29 is 23.8 Å². The minimum atomic E-state index is -1.22. The Bertz CT molecular complexity index is 1140. The van der Waals surface area contributed by atoms with Gasteiger partial charge in [0.25, 0.3) is 0 Å². The van der Waals surface area contributed by atoms with Crippen molar-refractivity contribution in [2.24, 2.45) is 11.7 Å². The largest absolute Gasteiger partial charge is 0.497 e. The molecule has 1 fully saturated rings. The van der Waals surface area contributed by atoms with Crippen molar-refractivity contribution in [1.29, 1.82) is 0 Å². The SMILES string of the molecule is COc1ccc2c(c1)cc(-c1ccc(N3CCC(C(N)=O)CC3)nc1F)n2C(=O)O. The molecule has 3 aromatic rings. The molecule has 156 valence electrons. The van der Waals surface area contributed by atoms with Crippen LogP contribution in [0.1, 0.15) is 12.8 Å². The molecule has 1 aliphatic heterocycles. The van der Waals surface area contributed by atoms with Crippen molar-refractivity contribution >= 4 is 28.7 Å². The Kier molecular flexibility index (Phi) is 5.03. The minimum Gasteiger partial charge on any atom is -0.497 e. The monoisotopic (exact) mass is 412 g/mol.